The molecule has 2 aromatic carbocycles. The van der Waals surface area contributed by atoms with Crippen LogP contribution in [0.5, 0.6) is 5.75 Å². The molecule has 0 spiro atoms. The number of esters is 1. The molecule has 10 heteroatoms. The van der Waals surface area contributed by atoms with E-state index in [0.29, 0.717) is 17.0 Å². The second-order valence-electron chi connectivity index (χ2n) is 5.70. The molecule has 148 valence electrons. The summed E-state index contributed by atoms with van der Waals surface area (Å²) in [5, 5.41) is 3.81. The Labute approximate surface area is 171 Å². The zero-order valence-electron chi connectivity index (χ0n) is 15.1. The van der Waals surface area contributed by atoms with Crippen molar-refractivity contribution >= 4 is 49.7 Å². The van der Waals surface area contributed by atoms with Crippen molar-refractivity contribution in [3.63, 3.8) is 0 Å². The summed E-state index contributed by atoms with van der Waals surface area (Å²) < 4.78 is 30.7. The molecular weight excluding hydrogens is 450 g/mol. The number of sulfonamides is 1. The van der Waals surface area contributed by atoms with E-state index in [4.69, 9.17) is 4.74 Å². The SMILES string of the molecule is CC(=O)Oc1ccc(/C=N\NC(=O)CN(c2ccc(Br)cc2)S(C)(=O)=O)cc1. The lowest BCUT2D eigenvalue weighted by Gasteiger charge is -2.21. The van der Waals surface area contributed by atoms with Gasteiger partial charge in [-0.2, -0.15) is 5.10 Å². The number of hydrogen-bond acceptors (Lipinski definition) is 6. The average Bonchev–Trinajstić information content (AvgIpc) is 2.61. The average molecular weight is 468 g/mol. The molecule has 0 aromatic heterocycles. The molecule has 2 aromatic rings. The van der Waals surface area contributed by atoms with Gasteiger partial charge in [-0.15, -0.1) is 0 Å². The van der Waals surface area contributed by atoms with Crippen molar-refractivity contribution < 1.29 is 22.7 Å². The van der Waals surface area contributed by atoms with E-state index in [2.05, 4.69) is 26.5 Å². The van der Waals surface area contributed by atoms with Crippen LogP contribution >= 0.6 is 15.9 Å². The van der Waals surface area contributed by atoms with E-state index < -0.39 is 28.4 Å². The summed E-state index contributed by atoms with van der Waals surface area (Å²) in [5.74, 6) is -0.622. The van der Waals surface area contributed by atoms with Gasteiger partial charge in [-0.25, -0.2) is 13.8 Å². The van der Waals surface area contributed by atoms with Crippen LogP contribution in [0.4, 0.5) is 5.69 Å². The molecule has 0 saturated heterocycles. The number of nitrogens with zero attached hydrogens (tertiary/aromatic N) is 2. The fraction of sp³-hybridized carbons (Fsp3) is 0.167. The molecule has 1 N–H and O–H groups in total. The highest BCUT2D eigenvalue weighted by molar-refractivity contribution is 9.10. The first-order chi connectivity index (χ1) is 13.1. The number of rotatable bonds is 7. The van der Waals surface area contributed by atoms with Crippen molar-refractivity contribution in [3.8, 4) is 5.75 Å². The minimum Gasteiger partial charge on any atom is -0.427 e. The standard InChI is InChI=1S/C18H18BrN3O5S/c1-13(23)27-17-9-3-14(4-10-17)11-20-21-18(24)12-22(28(2,25)26)16-7-5-15(19)6-8-16/h3-11H,12H2,1-2H3,(H,21,24)/b20-11-. The number of hydrogen-bond donors (Lipinski definition) is 1. The summed E-state index contributed by atoms with van der Waals surface area (Å²) in [6, 6.07) is 13.0. The number of ether oxygens (including phenoxy) is 1. The highest BCUT2D eigenvalue weighted by atomic mass is 79.9. The van der Waals surface area contributed by atoms with Gasteiger partial charge in [0.25, 0.3) is 5.91 Å². The Morgan fingerprint density at radius 1 is 1.14 bits per heavy atom. The lowest BCUT2D eigenvalue weighted by atomic mass is 10.2. The van der Waals surface area contributed by atoms with E-state index in [1.165, 1.54) is 13.1 Å². The van der Waals surface area contributed by atoms with Crippen LogP contribution in [0.2, 0.25) is 0 Å². The lowest BCUT2D eigenvalue weighted by Crippen LogP contribution is -2.38. The van der Waals surface area contributed by atoms with Crippen molar-refractivity contribution in [1.82, 2.24) is 5.43 Å². The molecule has 8 nitrogen and oxygen atoms in total. The number of anilines is 1. The van der Waals surface area contributed by atoms with Crippen LogP contribution in [0.3, 0.4) is 0 Å². The predicted molar refractivity (Wildman–Crippen MR) is 110 cm³/mol. The van der Waals surface area contributed by atoms with Gasteiger partial charge in [0.05, 0.1) is 18.2 Å². The number of carbonyl (C=O) groups excluding carboxylic acids is 2. The Hall–Kier alpha value is -2.72. The molecule has 28 heavy (non-hydrogen) atoms. The van der Waals surface area contributed by atoms with Crippen LogP contribution in [-0.2, 0) is 19.6 Å². The van der Waals surface area contributed by atoms with Crippen molar-refractivity contribution in [1.29, 1.82) is 0 Å². The fourth-order valence-corrected chi connectivity index (χ4v) is 3.26. The largest absolute Gasteiger partial charge is 0.427 e. The molecule has 0 unspecified atom stereocenters. The molecule has 0 atom stereocenters. The molecule has 0 bridgehead atoms. The van der Waals surface area contributed by atoms with Gasteiger partial charge >= 0.3 is 5.97 Å². The van der Waals surface area contributed by atoms with Crippen LogP contribution in [0.25, 0.3) is 0 Å². The number of halogens is 1. The molecule has 0 saturated carbocycles. The van der Waals surface area contributed by atoms with E-state index in [-0.39, 0.29) is 0 Å². The van der Waals surface area contributed by atoms with Gasteiger partial charge in [-0.3, -0.25) is 13.9 Å². The van der Waals surface area contributed by atoms with Gasteiger partial charge < -0.3 is 4.74 Å². The van der Waals surface area contributed by atoms with Crippen LogP contribution < -0.4 is 14.5 Å². The quantitative estimate of drug-likeness (QED) is 0.291. The van der Waals surface area contributed by atoms with Gasteiger partial charge in [0, 0.05) is 11.4 Å². The summed E-state index contributed by atoms with van der Waals surface area (Å²) in [5.41, 5.74) is 3.31. The third-order valence-electron chi connectivity index (χ3n) is 3.35. The Morgan fingerprint density at radius 3 is 2.29 bits per heavy atom. The van der Waals surface area contributed by atoms with E-state index in [9.17, 15) is 18.0 Å². The Kier molecular flexibility index (Phi) is 7.30. The normalized spacial score (nSPS) is 11.2. The van der Waals surface area contributed by atoms with Crippen LogP contribution in [0, 0.1) is 0 Å². The molecule has 2 rings (SSSR count). The first-order valence-electron chi connectivity index (χ1n) is 7.99. The van der Waals surface area contributed by atoms with E-state index in [1.807, 2.05) is 0 Å². The Balaban J connectivity index is 2.00. The third-order valence-corrected chi connectivity index (χ3v) is 5.02. The first kappa shape index (κ1) is 21.6. The maximum absolute atomic E-state index is 12.1. The highest BCUT2D eigenvalue weighted by Crippen LogP contribution is 2.20. The lowest BCUT2D eigenvalue weighted by molar-refractivity contribution is -0.131. The van der Waals surface area contributed by atoms with Gasteiger partial charge in [0.2, 0.25) is 10.0 Å². The third kappa shape index (κ3) is 6.78. The van der Waals surface area contributed by atoms with Crippen molar-refractivity contribution in [2.24, 2.45) is 5.10 Å². The van der Waals surface area contributed by atoms with Gasteiger partial charge in [0.15, 0.2) is 0 Å². The minimum absolute atomic E-state index is 0.367. The first-order valence-corrected chi connectivity index (χ1v) is 10.6. The van der Waals surface area contributed by atoms with Crippen LogP contribution in [0.15, 0.2) is 58.1 Å². The molecule has 1 amide bonds. The second kappa shape index (κ2) is 9.47. The summed E-state index contributed by atoms with van der Waals surface area (Å²) in [6.07, 6.45) is 2.41. The number of hydrazone groups is 1. The monoisotopic (exact) mass is 467 g/mol. The maximum Gasteiger partial charge on any atom is 0.308 e. The molecule has 0 heterocycles. The van der Waals surface area contributed by atoms with Gasteiger partial charge in [0.1, 0.15) is 12.3 Å². The number of amides is 1. The molecule has 0 radical (unpaired) electrons. The molecule has 0 fully saturated rings. The van der Waals surface area contributed by atoms with Crippen molar-refractivity contribution in [2.45, 2.75) is 6.92 Å². The minimum atomic E-state index is -3.65. The topological polar surface area (TPSA) is 105 Å². The molecule has 0 aliphatic carbocycles. The van der Waals surface area contributed by atoms with E-state index in [0.717, 1.165) is 15.0 Å². The van der Waals surface area contributed by atoms with E-state index >= 15 is 0 Å². The van der Waals surface area contributed by atoms with Gasteiger partial charge in [-0.05, 0) is 54.1 Å². The zero-order chi connectivity index (χ0) is 20.7. The number of nitrogens with one attached hydrogen (secondary N) is 1. The highest BCUT2D eigenvalue weighted by Gasteiger charge is 2.20. The van der Waals surface area contributed by atoms with Crippen molar-refractivity contribution in [2.75, 3.05) is 17.1 Å². The van der Waals surface area contributed by atoms with Crippen LogP contribution in [0.1, 0.15) is 12.5 Å². The summed E-state index contributed by atoms with van der Waals surface area (Å²) in [7, 11) is -3.65. The maximum atomic E-state index is 12.1. The fourth-order valence-electron chi connectivity index (χ4n) is 2.14. The summed E-state index contributed by atoms with van der Waals surface area (Å²) in [4.78, 5) is 23.0. The molecule has 0 aliphatic heterocycles. The van der Waals surface area contributed by atoms with Crippen molar-refractivity contribution in [3.05, 3.63) is 58.6 Å². The van der Waals surface area contributed by atoms with Gasteiger partial charge in [-0.1, -0.05) is 15.9 Å². The smallest absolute Gasteiger partial charge is 0.308 e. The summed E-state index contributed by atoms with van der Waals surface area (Å²) in [6.45, 7) is 0.891. The molecular formula is C18H18BrN3O5S. The predicted octanol–water partition coefficient (Wildman–Crippen LogP) is 2.29. The second-order valence-corrected chi connectivity index (χ2v) is 8.52. The van der Waals surface area contributed by atoms with E-state index in [1.54, 1.807) is 48.5 Å². The number of benzene rings is 2. The number of carbonyl (C=O) groups is 2. The zero-order valence-corrected chi connectivity index (χ0v) is 17.5. The van der Waals surface area contributed by atoms with Crippen LogP contribution in [-0.4, -0.2) is 39.3 Å². The Morgan fingerprint density at radius 2 is 1.75 bits per heavy atom. The summed E-state index contributed by atoms with van der Waals surface area (Å²) >= 11 is 3.28. The molecule has 0 aliphatic rings. The Bertz CT molecular complexity index is 973.